The standard InChI is InChI=1S/C12H16O5/c1-15-7-8-4-10(16-2)9(6-12(13)14)11(5-8)17-3/h4-5H,6-7H2,1-3H3,(H,13,14). The summed E-state index contributed by atoms with van der Waals surface area (Å²) in [6, 6.07) is 3.51. The third-order valence-electron chi connectivity index (χ3n) is 2.31. The summed E-state index contributed by atoms with van der Waals surface area (Å²) in [6.45, 7) is 0.417. The van der Waals surface area contributed by atoms with Gasteiger partial charge in [-0.3, -0.25) is 4.79 Å². The lowest BCUT2D eigenvalue weighted by Gasteiger charge is -2.14. The van der Waals surface area contributed by atoms with Crippen LogP contribution >= 0.6 is 0 Å². The summed E-state index contributed by atoms with van der Waals surface area (Å²) in [5.74, 6) is 0.0682. The Bertz CT molecular complexity index is 375. The Kier molecular flexibility index (Phi) is 4.78. The molecule has 0 amide bonds. The van der Waals surface area contributed by atoms with Crippen LogP contribution in [0.1, 0.15) is 11.1 Å². The van der Waals surface area contributed by atoms with E-state index in [1.165, 1.54) is 14.2 Å². The van der Waals surface area contributed by atoms with E-state index in [0.717, 1.165) is 5.56 Å². The van der Waals surface area contributed by atoms with Crippen LogP contribution in [0.2, 0.25) is 0 Å². The van der Waals surface area contributed by atoms with Crippen LogP contribution in [0.4, 0.5) is 0 Å². The second-order valence-electron chi connectivity index (χ2n) is 3.48. The molecule has 0 aliphatic heterocycles. The Morgan fingerprint density at radius 2 is 1.71 bits per heavy atom. The number of carbonyl (C=O) groups is 1. The van der Waals surface area contributed by atoms with Crippen LogP contribution in [0, 0.1) is 0 Å². The molecule has 0 saturated heterocycles. The molecule has 0 aliphatic rings. The molecule has 5 nitrogen and oxygen atoms in total. The first-order valence-corrected chi connectivity index (χ1v) is 5.06. The van der Waals surface area contributed by atoms with Crippen molar-refractivity contribution < 1.29 is 24.1 Å². The van der Waals surface area contributed by atoms with Crippen molar-refractivity contribution >= 4 is 5.97 Å². The number of hydrogen-bond donors (Lipinski definition) is 1. The van der Waals surface area contributed by atoms with Gasteiger partial charge in [0, 0.05) is 12.7 Å². The maximum absolute atomic E-state index is 10.8. The SMILES string of the molecule is COCc1cc(OC)c(CC(=O)O)c(OC)c1. The van der Waals surface area contributed by atoms with Crippen molar-refractivity contribution in [2.75, 3.05) is 21.3 Å². The third-order valence-corrected chi connectivity index (χ3v) is 2.31. The molecule has 17 heavy (non-hydrogen) atoms. The highest BCUT2D eigenvalue weighted by Crippen LogP contribution is 2.31. The molecular weight excluding hydrogens is 224 g/mol. The zero-order valence-electron chi connectivity index (χ0n) is 10.1. The number of carboxylic acids is 1. The average Bonchev–Trinajstić information content (AvgIpc) is 2.30. The van der Waals surface area contributed by atoms with Gasteiger partial charge in [-0.25, -0.2) is 0 Å². The molecule has 1 aromatic carbocycles. The molecule has 1 aromatic rings. The molecule has 0 saturated carbocycles. The molecule has 0 aromatic heterocycles. The van der Waals surface area contributed by atoms with Crippen molar-refractivity contribution in [1.82, 2.24) is 0 Å². The minimum atomic E-state index is -0.930. The maximum Gasteiger partial charge on any atom is 0.308 e. The maximum atomic E-state index is 10.8. The van der Waals surface area contributed by atoms with Crippen LogP contribution < -0.4 is 9.47 Å². The normalized spacial score (nSPS) is 10.1. The van der Waals surface area contributed by atoms with Gasteiger partial charge in [-0.1, -0.05) is 0 Å². The lowest BCUT2D eigenvalue weighted by molar-refractivity contribution is -0.136. The fourth-order valence-corrected chi connectivity index (χ4v) is 1.61. The van der Waals surface area contributed by atoms with Crippen LogP contribution in [0.5, 0.6) is 11.5 Å². The zero-order valence-corrected chi connectivity index (χ0v) is 10.1. The highest BCUT2D eigenvalue weighted by Gasteiger charge is 2.15. The van der Waals surface area contributed by atoms with Gasteiger partial charge in [-0.15, -0.1) is 0 Å². The molecule has 0 unspecified atom stereocenters. The quantitative estimate of drug-likeness (QED) is 0.815. The molecule has 0 heterocycles. The third kappa shape index (κ3) is 3.35. The van der Waals surface area contributed by atoms with Crippen LogP contribution in [0.25, 0.3) is 0 Å². The Hall–Kier alpha value is -1.75. The second-order valence-corrected chi connectivity index (χ2v) is 3.48. The van der Waals surface area contributed by atoms with Crippen LogP contribution in [0.3, 0.4) is 0 Å². The Morgan fingerprint density at radius 1 is 1.18 bits per heavy atom. The first-order valence-electron chi connectivity index (χ1n) is 5.06. The molecular formula is C12H16O5. The first-order chi connectivity index (χ1) is 8.12. The van der Waals surface area contributed by atoms with Gasteiger partial charge in [0.1, 0.15) is 11.5 Å². The molecule has 0 spiro atoms. The number of methoxy groups -OCH3 is 3. The van der Waals surface area contributed by atoms with E-state index in [1.807, 2.05) is 0 Å². The molecule has 94 valence electrons. The topological polar surface area (TPSA) is 65.0 Å². The highest BCUT2D eigenvalue weighted by atomic mass is 16.5. The summed E-state index contributed by atoms with van der Waals surface area (Å²) in [5, 5.41) is 8.84. The zero-order chi connectivity index (χ0) is 12.8. The van der Waals surface area contributed by atoms with E-state index in [9.17, 15) is 4.79 Å². The van der Waals surface area contributed by atoms with Gasteiger partial charge in [-0.2, -0.15) is 0 Å². The van der Waals surface area contributed by atoms with Crippen molar-refractivity contribution in [3.05, 3.63) is 23.3 Å². The molecule has 1 rings (SSSR count). The van der Waals surface area contributed by atoms with Crippen LogP contribution in [-0.2, 0) is 22.6 Å². The van der Waals surface area contributed by atoms with Gasteiger partial charge >= 0.3 is 5.97 Å². The van der Waals surface area contributed by atoms with Gasteiger partial charge in [-0.05, 0) is 17.7 Å². The monoisotopic (exact) mass is 240 g/mol. The lowest BCUT2D eigenvalue weighted by Crippen LogP contribution is -2.06. The number of aliphatic carboxylic acids is 1. The molecule has 0 atom stereocenters. The van der Waals surface area contributed by atoms with Gasteiger partial charge in [0.15, 0.2) is 0 Å². The minimum absolute atomic E-state index is 0.139. The molecule has 5 heteroatoms. The number of hydrogen-bond acceptors (Lipinski definition) is 4. The summed E-state index contributed by atoms with van der Waals surface area (Å²) < 4.78 is 15.4. The predicted molar refractivity (Wildman–Crippen MR) is 61.6 cm³/mol. The highest BCUT2D eigenvalue weighted by molar-refractivity contribution is 5.73. The molecule has 0 bridgehead atoms. The van der Waals surface area contributed by atoms with Crippen molar-refractivity contribution in [1.29, 1.82) is 0 Å². The first kappa shape index (κ1) is 13.3. The fraction of sp³-hybridized carbons (Fsp3) is 0.417. The number of ether oxygens (including phenoxy) is 3. The number of benzene rings is 1. The molecule has 0 radical (unpaired) electrons. The second kappa shape index (κ2) is 6.10. The van der Waals surface area contributed by atoms with E-state index in [4.69, 9.17) is 19.3 Å². The van der Waals surface area contributed by atoms with E-state index in [2.05, 4.69) is 0 Å². The number of carboxylic acid groups (broad SMARTS) is 1. The summed E-state index contributed by atoms with van der Waals surface area (Å²) >= 11 is 0. The van der Waals surface area contributed by atoms with E-state index in [1.54, 1.807) is 19.2 Å². The van der Waals surface area contributed by atoms with Gasteiger partial charge < -0.3 is 19.3 Å². The predicted octanol–water partition coefficient (Wildman–Crippen LogP) is 1.48. The Balaban J connectivity index is 3.20. The number of rotatable bonds is 6. The lowest BCUT2D eigenvalue weighted by atomic mass is 10.1. The van der Waals surface area contributed by atoms with Gasteiger partial charge in [0.2, 0.25) is 0 Å². The van der Waals surface area contributed by atoms with Crippen LogP contribution in [0.15, 0.2) is 12.1 Å². The fourth-order valence-electron chi connectivity index (χ4n) is 1.61. The van der Waals surface area contributed by atoms with Gasteiger partial charge in [0.25, 0.3) is 0 Å². The van der Waals surface area contributed by atoms with Crippen LogP contribution in [-0.4, -0.2) is 32.4 Å². The van der Waals surface area contributed by atoms with E-state index in [0.29, 0.717) is 23.7 Å². The van der Waals surface area contributed by atoms with E-state index < -0.39 is 5.97 Å². The van der Waals surface area contributed by atoms with Crippen molar-refractivity contribution in [3.63, 3.8) is 0 Å². The summed E-state index contributed by atoms with van der Waals surface area (Å²) in [7, 11) is 4.58. The molecule has 0 aliphatic carbocycles. The summed E-state index contributed by atoms with van der Waals surface area (Å²) in [6.07, 6.45) is -0.139. The van der Waals surface area contributed by atoms with Crippen molar-refractivity contribution in [2.24, 2.45) is 0 Å². The summed E-state index contributed by atoms with van der Waals surface area (Å²) in [4.78, 5) is 10.8. The van der Waals surface area contributed by atoms with Crippen molar-refractivity contribution in [3.8, 4) is 11.5 Å². The van der Waals surface area contributed by atoms with Gasteiger partial charge in [0.05, 0.1) is 27.2 Å². The Labute approximate surface area is 99.9 Å². The Morgan fingerprint density at radius 3 is 2.06 bits per heavy atom. The van der Waals surface area contributed by atoms with Crippen molar-refractivity contribution in [2.45, 2.75) is 13.0 Å². The summed E-state index contributed by atoms with van der Waals surface area (Å²) in [5.41, 5.74) is 1.40. The largest absolute Gasteiger partial charge is 0.496 e. The van der Waals surface area contributed by atoms with E-state index >= 15 is 0 Å². The molecule has 1 N–H and O–H groups in total. The molecule has 0 fully saturated rings. The average molecular weight is 240 g/mol. The van der Waals surface area contributed by atoms with E-state index in [-0.39, 0.29) is 6.42 Å². The smallest absolute Gasteiger partial charge is 0.308 e. The minimum Gasteiger partial charge on any atom is -0.496 e.